The molecule has 0 amide bonds. The number of ether oxygens (including phenoxy) is 1. The molecule has 1 unspecified atom stereocenters. The van der Waals surface area contributed by atoms with Crippen molar-refractivity contribution < 1.29 is 9.26 Å². The highest BCUT2D eigenvalue weighted by Gasteiger charge is 2.12. The fraction of sp³-hybridized carbons (Fsp3) is 0.412. The van der Waals surface area contributed by atoms with Gasteiger partial charge in [0.05, 0.1) is 19.7 Å². The summed E-state index contributed by atoms with van der Waals surface area (Å²) in [5, 5.41) is 10.6. The highest BCUT2D eigenvalue weighted by Crippen LogP contribution is 2.24. The number of para-hydroxylation sites is 1. The lowest BCUT2D eigenvalue weighted by atomic mass is 10.1. The van der Waals surface area contributed by atoms with Gasteiger partial charge in [-0.05, 0) is 26.8 Å². The second-order valence-electron chi connectivity index (χ2n) is 5.23. The molecule has 7 heteroatoms. The maximum atomic E-state index is 5.42. The zero-order valence-electron chi connectivity index (χ0n) is 14.5. The molecule has 1 aromatic carbocycles. The third-order valence-corrected chi connectivity index (χ3v) is 3.38. The molecule has 0 saturated carbocycles. The molecule has 6 nitrogen and oxygen atoms in total. The number of rotatable bonds is 6. The molecule has 0 radical (unpaired) electrons. The molecule has 0 aliphatic carbocycles. The summed E-state index contributed by atoms with van der Waals surface area (Å²) in [6.45, 7) is 7.22. The number of aryl methyl sites for hydroxylation is 1. The topological polar surface area (TPSA) is 71.7 Å². The molecule has 0 saturated heterocycles. The van der Waals surface area contributed by atoms with E-state index < -0.39 is 0 Å². The van der Waals surface area contributed by atoms with Crippen molar-refractivity contribution in [1.29, 1.82) is 0 Å². The van der Waals surface area contributed by atoms with Crippen molar-refractivity contribution in [3.63, 3.8) is 0 Å². The van der Waals surface area contributed by atoms with Gasteiger partial charge >= 0.3 is 0 Å². The Balaban J connectivity index is 0.00000288. The van der Waals surface area contributed by atoms with Crippen molar-refractivity contribution in [2.45, 2.75) is 33.4 Å². The fourth-order valence-electron chi connectivity index (χ4n) is 2.28. The number of nitrogens with one attached hydrogen (secondary N) is 2. The number of guanidine groups is 1. The van der Waals surface area contributed by atoms with E-state index in [-0.39, 0.29) is 30.0 Å². The molecule has 0 spiro atoms. The molecule has 2 aromatic rings. The van der Waals surface area contributed by atoms with E-state index in [4.69, 9.17) is 9.26 Å². The van der Waals surface area contributed by atoms with Gasteiger partial charge in [-0.2, -0.15) is 0 Å². The summed E-state index contributed by atoms with van der Waals surface area (Å²) in [6.07, 6.45) is 0. The molecule has 1 atom stereocenters. The van der Waals surface area contributed by atoms with Gasteiger partial charge in [-0.25, -0.2) is 4.99 Å². The first kappa shape index (κ1) is 20.3. The summed E-state index contributed by atoms with van der Waals surface area (Å²) in [6, 6.07) is 9.90. The Hall–Kier alpha value is -1.77. The minimum Gasteiger partial charge on any atom is -0.496 e. The number of aromatic nitrogens is 1. The zero-order chi connectivity index (χ0) is 16.7. The Morgan fingerprint density at radius 3 is 2.75 bits per heavy atom. The van der Waals surface area contributed by atoms with Gasteiger partial charge in [0, 0.05) is 18.2 Å². The van der Waals surface area contributed by atoms with Crippen LogP contribution in [0, 0.1) is 6.92 Å². The van der Waals surface area contributed by atoms with Gasteiger partial charge in [-0.1, -0.05) is 23.4 Å². The van der Waals surface area contributed by atoms with Crippen molar-refractivity contribution in [3.05, 3.63) is 47.3 Å². The maximum Gasteiger partial charge on any atom is 0.192 e. The number of hydrogen-bond donors (Lipinski definition) is 2. The Kier molecular flexibility index (Phi) is 8.59. The number of halogens is 1. The normalized spacial score (nSPS) is 12.2. The van der Waals surface area contributed by atoms with Crippen LogP contribution in [0.3, 0.4) is 0 Å². The number of benzene rings is 1. The predicted molar refractivity (Wildman–Crippen MR) is 106 cm³/mol. The first-order valence-corrected chi connectivity index (χ1v) is 7.74. The fourth-order valence-corrected chi connectivity index (χ4v) is 2.28. The van der Waals surface area contributed by atoms with Crippen LogP contribution < -0.4 is 15.4 Å². The van der Waals surface area contributed by atoms with Crippen molar-refractivity contribution in [2.24, 2.45) is 4.99 Å². The number of hydrogen-bond acceptors (Lipinski definition) is 4. The Labute approximate surface area is 160 Å². The molecule has 0 fully saturated rings. The summed E-state index contributed by atoms with van der Waals surface area (Å²) >= 11 is 0. The smallest absolute Gasteiger partial charge is 0.192 e. The monoisotopic (exact) mass is 444 g/mol. The molecule has 0 bridgehead atoms. The van der Waals surface area contributed by atoms with Crippen LogP contribution >= 0.6 is 24.0 Å². The van der Waals surface area contributed by atoms with E-state index in [0.29, 0.717) is 6.54 Å². The predicted octanol–water partition coefficient (Wildman–Crippen LogP) is 3.43. The van der Waals surface area contributed by atoms with E-state index in [9.17, 15) is 0 Å². The van der Waals surface area contributed by atoms with Gasteiger partial charge in [0.25, 0.3) is 0 Å². The average molecular weight is 444 g/mol. The average Bonchev–Trinajstić information content (AvgIpc) is 2.98. The van der Waals surface area contributed by atoms with Gasteiger partial charge in [-0.15, -0.1) is 24.0 Å². The maximum absolute atomic E-state index is 5.42. The van der Waals surface area contributed by atoms with E-state index in [1.54, 1.807) is 7.11 Å². The third-order valence-electron chi connectivity index (χ3n) is 3.38. The number of methoxy groups -OCH3 is 1. The lowest BCUT2D eigenvalue weighted by Crippen LogP contribution is -2.38. The summed E-state index contributed by atoms with van der Waals surface area (Å²) < 4.78 is 10.5. The van der Waals surface area contributed by atoms with Gasteiger partial charge in [0.2, 0.25) is 0 Å². The van der Waals surface area contributed by atoms with E-state index in [0.717, 1.165) is 35.3 Å². The molecule has 2 N–H and O–H groups in total. The van der Waals surface area contributed by atoms with Gasteiger partial charge in [0.15, 0.2) is 5.96 Å². The largest absolute Gasteiger partial charge is 0.496 e. The first-order valence-electron chi connectivity index (χ1n) is 7.74. The lowest BCUT2D eigenvalue weighted by molar-refractivity contribution is 0.391. The lowest BCUT2D eigenvalue weighted by Gasteiger charge is -2.20. The minimum atomic E-state index is 0. The molecule has 0 aliphatic heterocycles. The Bertz CT molecular complexity index is 658. The summed E-state index contributed by atoms with van der Waals surface area (Å²) in [5.41, 5.74) is 1.89. The van der Waals surface area contributed by atoms with Crippen molar-refractivity contribution in [1.82, 2.24) is 15.8 Å². The molecule has 1 aromatic heterocycles. The molecule has 1 heterocycles. The number of nitrogens with zero attached hydrogens (tertiary/aromatic N) is 2. The summed E-state index contributed by atoms with van der Waals surface area (Å²) in [7, 11) is 1.68. The van der Waals surface area contributed by atoms with Crippen LogP contribution in [-0.4, -0.2) is 24.8 Å². The molecular formula is C17H25IN4O2. The van der Waals surface area contributed by atoms with Gasteiger partial charge < -0.3 is 19.9 Å². The van der Waals surface area contributed by atoms with Crippen molar-refractivity contribution >= 4 is 29.9 Å². The van der Waals surface area contributed by atoms with Gasteiger partial charge in [0.1, 0.15) is 17.2 Å². The summed E-state index contributed by atoms with van der Waals surface area (Å²) in [5.74, 6) is 2.37. The third kappa shape index (κ3) is 5.70. The Morgan fingerprint density at radius 1 is 1.38 bits per heavy atom. The van der Waals surface area contributed by atoms with Crippen LogP contribution in [-0.2, 0) is 6.54 Å². The van der Waals surface area contributed by atoms with Crippen LogP contribution in [0.4, 0.5) is 0 Å². The number of aliphatic imine (C=N–C) groups is 1. The van der Waals surface area contributed by atoms with Crippen LogP contribution in [0.5, 0.6) is 5.75 Å². The van der Waals surface area contributed by atoms with Crippen molar-refractivity contribution in [2.75, 3.05) is 13.7 Å². The molecule has 0 aliphatic rings. The van der Waals surface area contributed by atoms with Crippen molar-refractivity contribution in [3.8, 4) is 5.75 Å². The summed E-state index contributed by atoms with van der Waals surface area (Å²) in [4.78, 5) is 4.55. The Morgan fingerprint density at radius 2 is 2.12 bits per heavy atom. The van der Waals surface area contributed by atoms with E-state index in [2.05, 4.69) is 27.7 Å². The SMILES string of the molecule is CCNC(=NCc1cc(C)on1)NC(C)c1ccccc1OC.I. The highest BCUT2D eigenvalue weighted by molar-refractivity contribution is 14.0. The molecule has 24 heavy (non-hydrogen) atoms. The first-order chi connectivity index (χ1) is 11.1. The quantitative estimate of drug-likeness (QED) is 0.406. The van der Waals surface area contributed by atoms with E-state index in [1.165, 1.54) is 0 Å². The van der Waals surface area contributed by atoms with E-state index >= 15 is 0 Å². The highest BCUT2D eigenvalue weighted by atomic mass is 127. The molecule has 2 rings (SSSR count). The second kappa shape index (κ2) is 10.2. The van der Waals surface area contributed by atoms with E-state index in [1.807, 2.05) is 44.2 Å². The van der Waals surface area contributed by atoms with Crippen LogP contribution in [0.2, 0.25) is 0 Å². The molecule has 132 valence electrons. The zero-order valence-corrected chi connectivity index (χ0v) is 16.8. The minimum absolute atomic E-state index is 0. The van der Waals surface area contributed by atoms with Crippen LogP contribution in [0.15, 0.2) is 39.8 Å². The standard InChI is InChI=1S/C17H24N4O2.HI/c1-5-18-17(19-11-14-10-12(2)23-21-14)20-13(3)15-8-6-7-9-16(15)22-4;/h6-10,13H,5,11H2,1-4H3,(H2,18,19,20);1H. The van der Waals surface area contributed by atoms with Gasteiger partial charge in [-0.3, -0.25) is 0 Å². The second-order valence-corrected chi connectivity index (χ2v) is 5.23. The van der Waals surface area contributed by atoms with Crippen LogP contribution in [0.1, 0.15) is 36.9 Å². The molecular weight excluding hydrogens is 419 g/mol. The van der Waals surface area contributed by atoms with Crippen LogP contribution in [0.25, 0.3) is 0 Å².